The number of carbonyl (C=O) groups is 1. The number of amides is 1. The van der Waals surface area contributed by atoms with E-state index < -0.39 is 15.9 Å². The van der Waals surface area contributed by atoms with E-state index in [1.807, 2.05) is 13.0 Å². The van der Waals surface area contributed by atoms with Gasteiger partial charge in [-0.3, -0.25) is 9.10 Å². The molecule has 1 amide bonds. The summed E-state index contributed by atoms with van der Waals surface area (Å²) in [6.07, 6.45) is 1.05. The van der Waals surface area contributed by atoms with Crippen LogP contribution in [0.2, 0.25) is 0 Å². The maximum atomic E-state index is 13.0. The number of benzene rings is 2. The molecule has 0 atom stereocenters. The number of methoxy groups -OCH3 is 3. The van der Waals surface area contributed by atoms with Crippen LogP contribution in [0.15, 0.2) is 30.3 Å². The molecule has 0 bridgehead atoms. The summed E-state index contributed by atoms with van der Waals surface area (Å²) in [5, 5.41) is 2.77. The Morgan fingerprint density at radius 2 is 1.54 bits per heavy atom. The van der Waals surface area contributed by atoms with Gasteiger partial charge in [-0.05, 0) is 30.7 Å². The van der Waals surface area contributed by atoms with Crippen LogP contribution >= 0.6 is 0 Å². The minimum atomic E-state index is -3.62. The molecule has 0 aliphatic carbocycles. The summed E-state index contributed by atoms with van der Waals surface area (Å²) < 4.78 is 40.9. The van der Waals surface area contributed by atoms with E-state index in [-0.39, 0.29) is 11.3 Å². The summed E-state index contributed by atoms with van der Waals surface area (Å²) in [7, 11) is 2.11. The summed E-state index contributed by atoms with van der Waals surface area (Å²) >= 11 is 0. The summed E-state index contributed by atoms with van der Waals surface area (Å²) in [4.78, 5) is 13.0. The predicted octanol–water partition coefficient (Wildman–Crippen LogP) is 2.67. The maximum absolute atomic E-state index is 13.0. The Morgan fingerprint density at radius 3 is 2.07 bits per heavy atom. The van der Waals surface area contributed by atoms with Crippen molar-refractivity contribution in [1.29, 1.82) is 0 Å². The molecule has 0 radical (unpaired) electrons. The zero-order valence-electron chi connectivity index (χ0n) is 16.7. The molecule has 0 saturated carbocycles. The highest BCUT2D eigenvalue weighted by Crippen LogP contribution is 2.36. The molecular weight excluding hydrogens is 384 g/mol. The lowest BCUT2D eigenvalue weighted by Gasteiger charge is -2.22. The normalized spacial score (nSPS) is 10.9. The lowest BCUT2D eigenvalue weighted by Crippen LogP contribution is -2.28. The fourth-order valence-corrected chi connectivity index (χ4v) is 3.11. The molecule has 0 aromatic heterocycles. The molecule has 0 fully saturated rings. The van der Waals surface area contributed by atoms with E-state index in [0.29, 0.717) is 22.9 Å². The van der Waals surface area contributed by atoms with Crippen LogP contribution in [0.25, 0.3) is 0 Å². The maximum Gasteiger partial charge on any atom is 0.258 e. The second kappa shape index (κ2) is 8.39. The van der Waals surface area contributed by atoms with Crippen molar-refractivity contribution in [3.63, 3.8) is 0 Å². The molecule has 0 saturated heterocycles. The molecule has 152 valence electrons. The largest absolute Gasteiger partial charge is 0.495 e. The Balaban J connectivity index is 2.59. The van der Waals surface area contributed by atoms with Crippen LogP contribution in [-0.2, 0) is 10.0 Å². The number of nitrogens with zero attached hydrogens (tertiary/aromatic N) is 1. The Bertz CT molecular complexity index is 988. The lowest BCUT2D eigenvalue weighted by molar-refractivity contribution is 0.102. The highest BCUT2D eigenvalue weighted by Gasteiger charge is 2.24. The van der Waals surface area contributed by atoms with Crippen molar-refractivity contribution >= 4 is 27.3 Å². The van der Waals surface area contributed by atoms with Gasteiger partial charge in [0, 0.05) is 13.1 Å². The fraction of sp³-hybridized carbons (Fsp3) is 0.316. The van der Waals surface area contributed by atoms with Gasteiger partial charge >= 0.3 is 0 Å². The van der Waals surface area contributed by atoms with Crippen molar-refractivity contribution in [2.75, 3.05) is 44.3 Å². The number of carbonyl (C=O) groups excluding carboxylic acids is 1. The minimum Gasteiger partial charge on any atom is -0.495 e. The van der Waals surface area contributed by atoms with E-state index in [1.165, 1.54) is 40.5 Å². The summed E-state index contributed by atoms with van der Waals surface area (Å²) in [6.45, 7) is 1.88. The van der Waals surface area contributed by atoms with Crippen molar-refractivity contribution in [1.82, 2.24) is 0 Å². The Kier molecular flexibility index (Phi) is 6.40. The van der Waals surface area contributed by atoms with Crippen LogP contribution in [0.1, 0.15) is 15.9 Å². The quantitative estimate of drug-likeness (QED) is 0.757. The molecule has 0 unspecified atom stereocenters. The van der Waals surface area contributed by atoms with Crippen LogP contribution in [-0.4, -0.2) is 49.0 Å². The van der Waals surface area contributed by atoms with Crippen molar-refractivity contribution in [2.24, 2.45) is 0 Å². The van der Waals surface area contributed by atoms with Crippen LogP contribution in [0.5, 0.6) is 17.2 Å². The first-order chi connectivity index (χ1) is 13.1. The van der Waals surface area contributed by atoms with Gasteiger partial charge in [0.25, 0.3) is 5.91 Å². The zero-order valence-corrected chi connectivity index (χ0v) is 17.5. The molecular formula is C19H24N2O6S. The number of rotatable bonds is 7. The Hall–Kier alpha value is -2.94. The first kappa shape index (κ1) is 21.4. The molecule has 1 N–H and O–H groups in total. The minimum absolute atomic E-state index is 0.106. The smallest absolute Gasteiger partial charge is 0.258 e. The highest BCUT2D eigenvalue weighted by molar-refractivity contribution is 7.92. The zero-order chi connectivity index (χ0) is 21.1. The first-order valence-corrected chi connectivity index (χ1v) is 10.1. The van der Waals surface area contributed by atoms with E-state index in [2.05, 4.69) is 5.32 Å². The van der Waals surface area contributed by atoms with E-state index in [1.54, 1.807) is 12.1 Å². The standard InChI is InChI=1S/C19H24N2O6S/c1-12-7-8-16(25-3)14(9-12)20-19(22)13-10-17(26-4)18(27-5)11-15(13)21(2)28(6,23)24/h7-11H,1-6H3,(H,20,22). The van der Waals surface area contributed by atoms with Gasteiger partial charge in [-0.15, -0.1) is 0 Å². The second-order valence-electron chi connectivity index (χ2n) is 6.11. The SMILES string of the molecule is COc1ccc(C)cc1NC(=O)c1cc(OC)c(OC)cc1N(C)S(C)(=O)=O. The lowest BCUT2D eigenvalue weighted by atomic mass is 10.1. The van der Waals surface area contributed by atoms with E-state index in [4.69, 9.17) is 14.2 Å². The van der Waals surface area contributed by atoms with E-state index in [9.17, 15) is 13.2 Å². The Labute approximate surface area is 165 Å². The van der Waals surface area contributed by atoms with Gasteiger partial charge in [0.05, 0.1) is 44.5 Å². The second-order valence-corrected chi connectivity index (χ2v) is 8.13. The van der Waals surface area contributed by atoms with Crippen molar-refractivity contribution in [2.45, 2.75) is 6.92 Å². The van der Waals surface area contributed by atoms with E-state index >= 15 is 0 Å². The molecule has 2 aromatic rings. The molecule has 28 heavy (non-hydrogen) atoms. The molecule has 8 nitrogen and oxygen atoms in total. The van der Waals surface area contributed by atoms with Crippen molar-refractivity contribution in [3.8, 4) is 17.2 Å². The van der Waals surface area contributed by atoms with Gasteiger partial charge in [-0.25, -0.2) is 8.42 Å². The third kappa shape index (κ3) is 4.48. The number of aryl methyl sites for hydroxylation is 1. The van der Waals surface area contributed by atoms with Crippen molar-refractivity contribution < 1.29 is 27.4 Å². The molecule has 2 aromatic carbocycles. The predicted molar refractivity (Wildman–Crippen MR) is 108 cm³/mol. The van der Waals surface area contributed by atoms with Gasteiger partial charge in [0.1, 0.15) is 5.75 Å². The highest BCUT2D eigenvalue weighted by atomic mass is 32.2. The molecule has 0 aliphatic heterocycles. The molecule has 0 heterocycles. The molecule has 2 rings (SSSR count). The third-order valence-corrected chi connectivity index (χ3v) is 5.38. The summed E-state index contributed by atoms with van der Waals surface area (Å²) in [5.74, 6) is 0.569. The Morgan fingerprint density at radius 1 is 0.964 bits per heavy atom. The average Bonchev–Trinajstić information content (AvgIpc) is 2.65. The van der Waals surface area contributed by atoms with Crippen LogP contribution in [0.4, 0.5) is 11.4 Å². The van der Waals surface area contributed by atoms with Gasteiger partial charge in [0.15, 0.2) is 11.5 Å². The van der Waals surface area contributed by atoms with Crippen molar-refractivity contribution in [3.05, 3.63) is 41.5 Å². The van der Waals surface area contributed by atoms with Gasteiger partial charge in [-0.1, -0.05) is 6.07 Å². The summed E-state index contributed by atoms with van der Waals surface area (Å²) in [6, 6.07) is 8.24. The first-order valence-electron chi connectivity index (χ1n) is 8.28. The van der Waals surface area contributed by atoms with Crippen LogP contribution < -0.4 is 23.8 Å². The molecule has 0 spiro atoms. The topological polar surface area (TPSA) is 94.2 Å². The molecule has 9 heteroatoms. The monoisotopic (exact) mass is 408 g/mol. The number of hydrogen-bond donors (Lipinski definition) is 1. The fourth-order valence-electron chi connectivity index (χ4n) is 2.60. The third-order valence-electron chi connectivity index (χ3n) is 4.19. The number of sulfonamides is 1. The number of ether oxygens (including phenoxy) is 3. The van der Waals surface area contributed by atoms with E-state index in [0.717, 1.165) is 16.1 Å². The summed E-state index contributed by atoms with van der Waals surface area (Å²) in [5.41, 5.74) is 1.66. The number of hydrogen-bond acceptors (Lipinski definition) is 6. The van der Waals surface area contributed by atoms with Crippen LogP contribution in [0, 0.1) is 6.92 Å². The number of anilines is 2. The van der Waals surface area contributed by atoms with Gasteiger partial charge < -0.3 is 19.5 Å². The number of nitrogens with one attached hydrogen (secondary N) is 1. The van der Waals surface area contributed by atoms with Gasteiger partial charge in [-0.2, -0.15) is 0 Å². The van der Waals surface area contributed by atoms with Gasteiger partial charge in [0.2, 0.25) is 10.0 Å². The molecule has 0 aliphatic rings. The average molecular weight is 408 g/mol. The van der Waals surface area contributed by atoms with Crippen LogP contribution in [0.3, 0.4) is 0 Å².